The summed E-state index contributed by atoms with van der Waals surface area (Å²) in [5.74, 6) is 0.286. The molecule has 132 valence electrons. The number of ether oxygens (including phenoxy) is 1. The van der Waals surface area contributed by atoms with Crippen molar-refractivity contribution in [3.8, 4) is 0 Å². The highest BCUT2D eigenvalue weighted by molar-refractivity contribution is 5.94. The van der Waals surface area contributed by atoms with E-state index in [1.807, 2.05) is 0 Å². The summed E-state index contributed by atoms with van der Waals surface area (Å²) < 4.78 is 5.82. The van der Waals surface area contributed by atoms with Gasteiger partial charge in [-0.05, 0) is 30.9 Å². The predicted octanol–water partition coefficient (Wildman–Crippen LogP) is 1.91. The van der Waals surface area contributed by atoms with Crippen molar-refractivity contribution in [1.29, 1.82) is 0 Å². The molecule has 24 heavy (non-hydrogen) atoms. The van der Waals surface area contributed by atoms with E-state index in [9.17, 15) is 9.59 Å². The Kier molecular flexibility index (Phi) is 7.48. The van der Waals surface area contributed by atoms with Gasteiger partial charge in [0, 0.05) is 12.7 Å². The third-order valence-electron chi connectivity index (χ3n) is 4.11. The van der Waals surface area contributed by atoms with Gasteiger partial charge in [0.15, 0.2) is 0 Å². The molecular formula is C17H26N4O3. The van der Waals surface area contributed by atoms with Crippen molar-refractivity contribution in [3.63, 3.8) is 0 Å². The second kappa shape index (κ2) is 9.87. The Balaban J connectivity index is 1.54. The van der Waals surface area contributed by atoms with E-state index in [-0.39, 0.29) is 18.5 Å². The molecule has 2 atom stereocenters. The maximum Gasteiger partial charge on any atom is 0.315 e. The number of pyridine rings is 1. The molecule has 1 fully saturated rings. The number of amides is 3. The van der Waals surface area contributed by atoms with Crippen molar-refractivity contribution in [2.24, 2.45) is 5.92 Å². The fraction of sp³-hybridized carbons (Fsp3) is 0.588. The fourth-order valence-electron chi connectivity index (χ4n) is 2.77. The highest BCUT2D eigenvalue weighted by atomic mass is 16.5. The summed E-state index contributed by atoms with van der Waals surface area (Å²) in [5, 5.41) is 7.84. The molecule has 1 aliphatic carbocycles. The van der Waals surface area contributed by atoms with Gasteiger partial charge < -0.3 is 20.7 Å². The van der Waals surface area contributed by atoms with Gasteiger partial charge in [0.25, 0.3) is 0 Å². The van der Waals surface area contributed by atoms with Gasteiger partial charge in [0.2, 0.25) is 5.91 Å². The Hall–Kier alpha value is -2.15. The summed E-state index contributed by atoms with van der Waals surface area (Å²) in [6.07, 6.45) is 8.28. The summed E-state index contributed by atoms with van der Waals surface area (Å²) in [6.45, 7) is 3.04. The molecule has 0 bridgehead atoms. The van der Waals surface area contributed by atoms with Crippen LogP contribution in [0.2, 0.25) is 0 Å². The van der Waals surface area contributed by atoms with Crippen LogP contribution in [-0.4, -0.2) is 42.7 Å². The highest BCUT2D eigenvalue weighted by Gasteiger charge is 2.21. The standard InChI is InChI=1S/C17H26N4O3/c1-13-5-2-3-7-15(13)24-10-9-19-17(23)20-12-16(22)21-14-6-4-8-18-11-14/h4,6,8,11,13,15H,2-3,5,7,9-10,12H2,1H3,(H,21,22)(H2,19,20,23)/t13-,15+/m0/s1. The van der Waals surface area contributed by atoms with Crippen LogP contribution in [0.25, 0.3) is 0 Å². The summed E-state index contributed by atoms with van der Waals surface area (Å²) in [5.41, 5.74) is 0.597. The lowest BCUT2D eigenvalue weighted by molar-refractivity contribution is -0.115. The molecule has 1 heterocycles. The monoisotopic (exact) mass is 334 g/mol. The minimum Gasteiger partial charge on any atom is -0.376 e. The van der Waals surface area contributed by atoms with Gasteiger partial charge in [-0.2, -0.15) is 0 Å². The fourth-order valence-corrected chi connectivity index (χ4v) is 2.77. The van der Waals surface area contributed by atoms with Crippen LogP contribution in [0.4, 0.5) is 10.5 Å². The average Bonchev–Trinajstić information content (AvgIpc) is 2.59. The van der Waals surface area contributed by atoms with Gasteiger partial charge in [0.1, 0.15) is 0 Å². The number of aromatic nitrogens is 1. The first kappa shape index (κ1) is 18.2. The summed E-state index contributed by atoms with van der Waals surface area (Å²) >= 11 is 0. The third-order valence-corrected chi connectivity index (χ3v) is 4.11. The van der Waals surface area contributed by atoms with Crippen LogP contribution in [0.15, 0.2) is 24.5 Å². The Labute approximate surface area is 142 Å². The van der Waals surface area contributed by atoms with Crippen LogP contribution >= 0.6 is 0 Å². The van der Waals surface area contributed by atoms with Gasteiger partial charge in [-0.25, -0.2) is 4.79 Å². The molecule has 1 saturated carbocycles. The zero-order chi connectivity index (χ0) is 17.2. The van der Waals surface area contributed by atoms with Crippen molar-refractivity contribution < 1.29 is 14.3 Å². The molecule has 0 radical (unpaired) electrons. The summed E-state index contributed by atoms with van der Waals surface area (Å²) in [6, 6.07) is 3.08. The number of rotatable bonds is 7. The Bertz CT molecular complexity index is 524. The number of anilines is 1. The number of nitrogens with one attached hydrogen (secondary N) is 3. The van der Waals surface area contributed by atoms with Crippen LogP contribution in [0.1, 0.15) is 32.6 Å². The molecule has 0 spiro atoms. The van der Waals surface area contributed by atoms with Gasteiger partial charge in [-0.3, -0.25) is 9.78 Å². The predicted molar refractivity (Wildman–Crippen MR) is 91.6 cm³/mol. The molecule has 1 aliphatic rings. The lowest BCUT2D eigenvalue weighted by Gasteiger charge is -2.28. The van der Waals surface area contributed by atoms with Gasteiger partial charge in [-0.15, -0.1) is 0 Å². The normalized spacial score (nSPS) is 20.2. The van der Waals surface area contributed by atoms with E-state index < -0.39 is 0 Å². The molecule has 0 aromatic carbocycles. The van der Waals surface area contributed by atoms with Crippen LogP contribution in [0, 0.1) is 5.92 Å². The summed E-state index contributed by atoms with van der Waals surface area (Å²) in [4.78, 5) is 27.2. The second-order valence-corrected chi connectivity index (χ2v) is 6.07. The van der Waals surface area contributed by atoms with E-state index >= 15 is 0 Å². The molecule has 7 heteroatoms. The van der Waals surface area contributed by atoms with Crippen molar-refractivity contribution >= 4 is 17.6 Å². The maximum atomic E-state index is 11.7. The van der Waals surface area contributed by atoms with E-state index in [0.29, 0.717) is 30.9 Å². The van der Waals surface area contributed by atoms with Gasteiger partial charge >= 0.3 is 6.03 Å². The Morgan fingerprint density at radius 2 is 2.12 bits per heavy atom. The molecule has 1 aromatic rings. The van der Waals surface area contributed by atoms with Gasteiger partial charge in [0.05, 0.1) is 31.1 Å². The lowest BCUT2D eigenvalue weighted by atomic mass is 9.88. The molecular weight excluding hydrogens is 308 g/mol. The van der Waals surface area contributed by atoms with Crippen molar-refractivity contribution in [3.05, 3.63) is 24.5 Å². The molecule has 3 amide bonds. The first-order chi connectivity index (χ1) is 11.6. The van der Waals surface area contributed by atoms with E-state index in [1.165, 1.54) is 19.3 Å². The van der Waals surface area contributed by atoms with E-state index in [0.717, 1.165) is 6.42 Å². The number of carbonyl (C=O) groups excluding carboxylic acids is 2. The molecule has 1 aromatic heterocycles. The smallest absolute Gasteiger partial charge is 0.315 e. The number of hydrogen-bond donors (Lipinski definition) is 3. The minimum atomic E-state index is -0.378. The lowest BCUT2D eigenvalue weighted by Crippen LogP contribution is -2.41. The zero-order valence-electron chi connectivity index (χ0n) is 14.1. The number of nitrogens with zero attached hydrogens (tertiary/aromatic N) is 1. The number of carbonyl (C=O) groups is 2. The molecule has 7 nitrogen and oxygen atoms in total. The first-order valence-electron chi connectivity index (χ1n) is 8.48. The quantitative estimate of drug-likeness (QED) is 0.664. The maximum absolute atomic E-state index is 11.7. The second-order valence-electron chi connectivity index (χ2n) is 6.07. The van der Waals surface area contributed by atoms with Crippen LogP contribution in [-0.2, 0) is 9.53 Å². The first-order valence-corrected chi connectivity index (χ1v) is 8.48. The van der Waals surface area contributed by atoms with Crippen molar-refractivity contribution in [1.82, 2.24) is 15.6 Å². The minimum absolute atomic E-state index is 0.0960. The topological polar surface area (TPSA) is 92.4 Å². The molecule has 0 saturated heterocycles. The zero-order valence-corrected chi connectivity index (χ0v) is 14.1. The van der Waals surface area contributed by atoms with Crippen LogP contribution in [0.5, 0.6) is 0 Å². The SMILES string of the molecule is C[C@H]1CCCC[C@H]1OCCNC(=O)NCC(=O)Nc1cccnc1. The highest BCUT2D eigenvalue weighted by Crippen LogP contribution is 2.25. The van der Waals surface area contributed by atoms with E-state index in [4.69, 9.17) is 4.74 Å². The molecule has 0 unspecified atom stereocenters. The molecule has 3 N–H and O–H groups in total. The van der Waals surface area contributed by atoms with Gasteiger partial charge in [-0.1, -0.05) is 19.8 Å². The number of urea groups is 1. The van der Waals surface area contributed by atoms with E-state index in [2.05, 4.69) is 27.9 Å². The molecule has 2 rings (SSSR count). The van der Waals surface area contributed by atoms with E-state index in [1.54, 1.807) is 24.5 Å². The number of hydrogen-bond acceptors (Lipinski definition) is 4. The average molecular weight is 334 g/mol. The van der Waals surface area contributed by atoms with Crippen molar-refractivity contribution in [2.45, 2.75) is 38.7 Å². The van der Waals surface area contributed by atoms with Crippen LogP contribution < -0.4 is 16.0 Å². The Morgan fingerprint density at radius 3 is 2.88 bits per heavy atom. The summed E-state index contributed by atoms with van der Waals surface area (Å²) in [7, 11) is 0. The van der Waals surface area contributed by atoms with Crippen LogP contribution in [0.3, 0.4) is 0 Å². The Morgan fingerprint density at radius 1 is 1.29 bits per heavy atom. The third kappa shape index (κ3) is 6.54. The van der Waals surface area contributed by atoms with Crippen molar-refractivity contribution in [2.75, 3.05) is 25.0 Å². The molecule has 0 aliphatic heterocycles. The largest absolute Gasteiger partial charge is 0.376 e.